The van der Waals surface area contributed by atoms with Crippen molar-refractivity contribution in [3.63, 3.8) is 0 Å². The topological polar surface area (TPSA) is 88.1 Å². The van der Waals surface area contributed by atoms with E-state index >= 15 is 0 Å². The highest BCUT2D eigenvalue weighted by Gasteiger charge is 2.31. The summed E-state index contributed by atoms with van der Waals surface area (Å²) in [6.07, 6.45) is 1.44. The van der Waals surface area contributed by atoms with Crippen LogP contribution < -0.4 is 15.9 Å². The molecule has 0 unspecified atom stereocenters. The summed E-state index contributed by atoms with van der Waals surface area (Å²) in [6, 6.07) is 1.52. The third kappa shape index (κ3) is 5.31. The Hall–Kier alpha value is -1.60. The standard InChI is InChI=1S/C9H10BFN2O.C6H14O2/c1-13-4-5-3-6(10)9(14-2)7(11)8(5)12;1-5(2,7)6(3,4)8/h3-4H,12H2,1-2H3;7-8H,1-4H3. The Morgan fingerprint density at radius 3 is 2.05 bits per heavy atom. The molecule has 0 heterocycles. The molecule has 0 amide bonds. The number of benzene rings is 1. The minimum atomic E-state index is -1.01. The van der Waals surface area contributed by atoms with Crippen LogP contribution in [0.25, 0.3) is 0 Å². The van der Waals surface area contributed by atoms with E-state index in [1.807, 2.05) is 0 Å². The van der Waals surface area contributed by atoms with Gasteiger partial charge >= 0.3 is 0 Å². The quantitative estimate of drug-likeness (QED) is 0.437. The summed E-state index contributed by atoms with van der Waals surface area (Å²) in [5, 5.41) is 18.2. The van der Waals surface area contributed by atoms with Crippen molar-refractivity contribution >= 4 is 25.2 Å². The van der Waals surface area contributed by atoms with Crippen LogP contribution in [0.5, 0.6) is 5.75 Å². The fourth-order valence-electron chi connectivity index (χ4n) is 1.14. The van der Waals surface area contributed by atoms with Gasteiger partial charge in [-0.3, -0.25) is 4.99 Å². The van der Waals surface area contributed by atoms with Crippen LogP contribution >= 0.6 is 0 Å². The Bertz CT molecular complexity index is 523. The number of anilines is 1. The van der Waals surface area contributed by atoms with Gasteiger partial charge in [0.05, 0.1) is 24.0 Å². The molecule has 0 spiro atoms. The van der Waals surface area contributed by atoms with Gasteiger partial charge in [-0.15, -0.1) is 0 Å². The number of hydrogen-bond donors (Lipinski definition) is 3. The minimum absolute atomic E-state index is 0.0124. The van der Waals surface area contributed by atoms with E-state index in [2.05, 4.69) is 4.99 Å². The van der Waals surface area contributed by atoms with Crippen molar-refractivity contribution in [1.29, 1.82) is 0 Å². The van der Waals surface area contributed by atoms with Crippen LogP contribution in [0.15, 0.2) is 11.1 Å². The molecule has 0 saturated carbocycles. The monoisotopic (exact) mass is 310 g/mol. The Morgan fingerprint density at radius 1 is 1.27 bits per heavy atom. The zero-order chi connectivity index (χ0) is 17.7. The predicted molar refractivity (Wildman–Crippen MR) is 88.9 cm³/mol. The van der Waals surface area contributed by atoms with Gasteiger partial charge in [-0.1, -0.05) is 11.5 Å². The van der Waals surface area contributed by atoms with Gasteiger partial charge in [-0.05, 0) is 27.7 Å². The van der Waals surface area contributed by atoms with E-state index in [0.29, 0.717) is 5.56 Å². The van der Waals surface area contributed by atoms with Crippen LogP contribution in [0.2, 0.25) is 0 Å². The third-order valence-electron chi connectivity index (χ3n) is 3.29. The number of nitrogens with zero attached hydrogens (tertiary/aromatic N) is 1. The number of hydrogen-bond acceptors (Lipinski definition) is 5. The minimum Gasteiger partial charge on any atom is -0.494 e. The van der Waals surface area contributed by atoms with Crippen molar-refractivity contribution in [1.82, 2.24) is 0 Å². The van der Waals surface area contributed by atoms with E-state index in [4.69, 9.17) is 28.5 Å². The molecule has 0 aromatic heterocycles. The predicted octanol–water partition coefficient (Wildman–Crippen LogP) is 0.787. The molecule has 0 aliphatic rings. The number of methoxy groups -OCH3 is 1. The molecule has 7 heteroatoms. The van der Waals surface area contributed by atoms with Crippen molar-refractivity contribution in [3.05, 3.63) is 17.4 Å². The normalized spacial score (nSPS) is 12.0. The number of nitrogen functional groups attached to an aromatic ring is 1. The van der Waals surface area contributed by atoms with Crippen LogP contribution in [0.1, 0.15) is 33.3 Å². The lowest BCUT2D eigenvalue weighted by atomic mass is 9.90. The molecule has 1 aromatic rings. The second-order valence-electron chi connectivity index (χ2n) is 5.82. The highest BCUT2D eigenvalue weighted by Crippen LogP contribution is 2.22. The Kier molecular flexibility index (Phi) is 7.05. The molecule has 4 N–H and O–H groups in total. The maximum Gasteiger partial charge on any atom is 0.187 e. The molecule has 0 aliphatic carbocycles. The number of aliphatic imine (C=N–C) groups is 1. The zero-order valence-electron chi connectivity index (χ0n) is 13.9. The van der Waals surface area contributed by atoms with Crippen molar-refractivity contribution in [3.8, 4) is 5.75 Å². The van der Waals surface area contributed by atoms with Crippen molar-refractivity contribution in [2.75, 3.05) is 19.9 Å². The van der Waals surface area contributed by atoms with Crippen LogP contribution in [0, 0.1) is 5.82 Å². The number of nitrogens with two attached hydrogens (primary N) is 1. The summed E-state index contributed by atoms with van der Waals surface area (Å²) in [4.78, 5) is 3.74. The zero-order valence-corrected chi connectivity index (χ0v) is 13.9. The first-order valence-electron chi connectivity index (χ1n) is 6.65. The second-order valence-corrected chi connectivity index (χ2v) is 5.82. The van der Waals surface area contributed by atoms with E-state index in [1.54, 1.807) is 34.7 Å². The average Bonchev–Trinajstić information content (AvgIpc) is 2.35. The van der Waals surface area contributed by atoms with E-state index in [9.17, 15) is 4.39 Å². The van der Waals surface area contributed by atoms with Crippen LogP contribution in [0.3, 0.4) is 0 Å². The molecule has 1 aromatic carbocycles. The van der Waals surface area contributed by atoms with E-state index < -0.39 is 17.0 Å². The van der Waals surface area contributed by atoms with Gasteiger partial charge in [0.1, 0.15) is 13.6 Å². The molecule has 0 bridgehead atoms. The van der Waals surface area contributed by atoms with Crippen molar-refractivity contribution in [2.24, 2.45) is 4.99 Å². The second kappa shape index (κ2) is 7.60. The molecule has 1 rings (SSSR count). The summed E-state index contributed by atoms with van der Waals surface area (Å²) in [5.74, 6) is -0.682. The number of aliphatic hydroxyl groups is 2. The largest absolute Gasteiger partial charge is 0.494 e. The van der Waals surface area contributed by atoms with Gasteiger partial charge in [-0.25, -0.2) is 4.39 Å². The summed E-state index contributed by atoms with van der Waals surface area (Å²) in [5.41, 5.74) is 4.14. The lowest BCUT2D eigenvalue weighted by Gasteiger charge is -2.31. The van der Waals surface area contributed by atoms with E-state index in [1.165, 1.54) is 19.4 Å². The summed E-state index contributed by atoms with van der Waals surface area (Å²) in [7, 11) is 8.45. The summed E-state index contributed by atoms with van der Waals surface area (Å²) in [6.45, 7) is 6.31. The molecule has 0 saturated heterocycles. The lowest BCUT2D eigenvalue weighted by Crippen LogP contribution is -2.44. The molecule has 2 radical (unpaired) electrons. The molecule has 122 valence electrons. The third-order valence-corrected chi connectivity index (χ3v) is 3.29. The van der Waals surface area contributed by atoms with E-state index in [-0.39, 0.29) is 16.9 Å². The van der Waals surface area contributed by atoms with Crippen LogP contribution in [0.4, 0.5) is 10.1 Å². The fourth-order valence-corrected chi connectivity index (χ4v) is 1.14. The molecule has 5 nitrogen and oxygen atoms in total. The van der Waals surface area contributed by atoms with Crippen molar-refractivity contribution in [2.45, 2.75) is 38.9 Å². The van der Waals surface area contributed by atoms with Crippen LogP contribution in [-0.2, 0) is 0 Å². The van der Waals surface area contributed by atoms with Crippen LogP contribution in [-0.4, -0.2) is 49.6 Å². The molecule has 0 atom stereocenters. The molecular formula is C15H24BFN2O3. The van der Waals surface area contributed by atoms with Gasteiger partial charge < -0.3 is 20.7 Å². The SMILES string of the molecule is CC(C)(O)C(C)(C)O.[B]c1cc(C=NC)c(N)c(F)c1OC. The first-order chi connectivity index (χ1) is 9.86. The fraction of sp³-hybridized carbons (Fsp3) is 0.533. The van der Waals surface area contributed by atoms with Gasteiger partial charge in [0.25, 0.3) is 0 Å². The number of ether oxygens (including phenoxy) is 1. The highest BCUT2D eigenvalue weighted by molar-refractivity contribution is 6.34. The molecule has 22 heavy (non-hydrogen) atoms. The lowest BCUT2D eigenvalue weighted by molar-refractivity contribution is -0.107. The average molecular weight is 310 g/mol. The van der Waals surface area contributed by atoms with E-state index in [0.717, 1.165) is 0 Å². The number of rotatable bonds is 3. The molecule has 0 fully saturated rings. The van der Waals surface area contributed by atoms with Gasteiger partial charge in [0.2, 0.25) is 0 Å². The highest BCUT2D eigenvalue weighted by atomic mass is 19.1. The molecule has 0 aliphatic heterocycles. The van der Waals surface area contributed by atoms with Gasteiger partial charge in [-0.2, -0.15) is 0 Å². The Balaban J connectivity index is 0.000000472. The smallest absolute Gasteiger partial charge is 0.187 e. The Morgan fingerprint density at radius 2 is 1.73 bits per heavy atom. The first-order valence-corrected chi connectivity index (χ1v) is 6.65. The Labute approximate surface area is 132 Å². The molecular weight excluding hydrogens is 286 g/mol. The van der Waals surface area contributed by atoms with Crippen molar-refractivity contribution < 1.29 is 19.3 Å². The maximum atomic E-state index is 13.5. The first kappa shape index (κ1) is 20.4. The number of halogens is 1. The van der Waals surface area contributed by atoms with Gasteiger partial charge in [0.15, 0.2) is 5.82 Å². The summed E-state index contributed by atoms with van der Waals surface area (Å²) < 4.78 is 18.2. The summed E-state index contributed by atoms with van der Waals surface area (Å²) >= 11 is 0. The maximum absolute atomic E-state index is 13.5. The van der Waals surface area contributed by atoms with Gasteiger partial charge in [0, 0.05) is 18.8 Å².